The number of hydrogen-bond donors (Lipinski definition) is 2. The number of amides is 1. The number of primary amides is 1. The van der Waals surface area contributed by atoms with Crippen LogP contribution in [0.25, 0.3) is 0 Å². The van der Waals surface area contributed by atoms with E-state index >= 15 is 0 Å². The first-order chi connectivity index (χ1) is 8.31. The lowest BCUT2D eigenvalue weighted by Gasteiger charge is -2.04. The predicted molar refractivity (Wildman–Crippen MR) is 63.6 cm³/mol. The normalized spacial score (nSPS) is 11.1. The van der Waals surface area contributed by atoms with Crippen LogP contribution in [0.3, 0.4) is 0 Å². The van der Waals surface area contributed by atoms with Crippen LogP contribution in [0.2, 0.25) is 0 Å². The molecule has 1 aromatic carbocycles. The van der Waals surface area contributed by atoms with Gasteiger partial charge in [-0.2, -0.15) is 0 Å². The van der Waals surface area contributed by atoms with Crippen LogP contribution in [0.4, 0.5) is 0 Å². The van der Waals surface area contributed by atoms with E-state index in [1.165, 1.54) is 24.3 Å². The molecule has 0 radical (unpaired) electrons. The molecule has 18 heavy (non-hydrogen) atoms. The van der Waals surface area contributed by atoms with Crippen LogP contribution < -0.4 is 5.73 Å². The molecule has 0 aliphatic rings. The first kappa shape index (κ1) is 14.2. The summed E-state index contributed by atoms with van der Waals surface area (Å²) in [6.45, 7) is 0. The van der Waals surface area contributed by atoms with Crippen molar-refractivity contribution in [2.24, 2.45) is 5.73 Å². The first-order valence-electron chi connectivity index (χ1n) is 5.13. The number of aliphatic carboxylic acids is 1. The lowest BCUT2D eigenvalue weighted by atomic mass is 10.2. The summed E-state index contributed by atoms with van der Waals surface area (Å²) >= 11 is 0. The van der Waals surface area contributed by atoms with Gasteiger partial charge in [0.25, 0.3) is 0 Å². The zero-order chi connectivity index (χ0) is 13.8. The zero-order valence-corrected chi connectivity index (χ0v) is 10.3. The number of benzene rings is 1. The van der Waals surface area contributed by atoms with Crippen molar-refractivity contribution in [3.8, 4) is 0 Å². The van der Waals surface area contributed by atoms with Gasteiger partial charge in [-0.1, -0.05) is 12.1 Å². The SMILES string of the molecule is NC(=O)CCS(=O)(=O)c1ccc(CC(=O)O)cc1. The number of hydrogen-bond acceptors (Lipinski definition) is 4. The van der Waals surface area contributed by atoms with Gasteiger partial charge in [0.1, 0.15) is 0 Å². The fourth-order valence-electron chi connectivity index (χ4n) is 1.34. The maximum Gasteiger partial charge on any atom is 0.307 e. The number of sulfone groups is 1. The van der Waals surface area contributed by atoms with Gasteiger partial charge in [-0.05, 0) is 17.7 Å². The molecule has 3 N–H and O–H groups in total. The van der Waals surface area contributed by atoms with E-state index in [0.717, 1.165) is 0 Å². The Morgan fingerprint density at radius 2 is 1.72 bits per heavy atom. The van der Waals surface area contributed by atoms with E-state index in [9.17, 15) is 18.0 Å². The molecule has 0 saturated carbocycles. The monoisotopic (exact) mass is 271 g/mol. The van der Waals surface area contributed by atoms with Crippen molar-refractivity contribution >= 4 is 21.7 Å². The molecule has 0 aliphatic heterocycles. The summed E-state index contributed by atoms with van der Waals surface area (Å²) in [4.78, 5) is 21.1. The van der Waals surface area contributed by atoms with Crippen molar-refractivity contribution in [2.75, 3.05) is 5.75 Å². The second-order valence-corrected chi connectivity index (χ2v) is 5.86. The van der Waals surface area contributed by atoms with Gasteiger partial charge in [0.2, 0.25) is 5.91 Å². The molecule has 1 rings (SSSR count). The van der Waals surface area contributed by atoms with Gasteiger partial charge in [-0.3, -0.25) is 9.59 Å². The van der Waals surface area contributed by atoms with Gasteiger partial charge >= 0.3 is 5.97 Å². The Labute approximate surface area is 104 Å². The second kappa shape index (κ2) is 5.63. The topological polar surface area (TPSA) is 115 Å². The van der Waals surface area contributed by atoms with Crippen LogP contribution in [-0.4, -0.2) is 31.2 Å². The minimum Gasteiger partial charge on any atom is -0.481 e. The first-order valence-corrected chi connectivity index (χ1v) is 6.78. The summed E-state index contributed by atoms with van der Waals surface area (Å²) in [6.07, 6.45) is -0.402. The molecule has 0 aliphatic carbocycles. The van der Waals surface area contributed by atoms with Crippen LogP contribution in [0.15, 0.2) is 29.2 Å². The van der Waals surface area contributed by atoms with E-state index in [1.54, 1.807) is 0 Å². The minimum atomic E-state index is -3.55. The largest absolute Gasteiger partial charge is 0.481 e. The van der Waals surface area contributed by atoms with Crippen molar-refractivity contribution in [1.82, 2.24) is 0 Å². The van der Waals surface area contributed by atoms with E-state index < -0.39 is 21.7 Å². The van der Waals surface area contributed by atoms with Gasteiger partial charge in [0, 0.05) is 6.42 Å². The molecule has 0 spiro atoms. The highest BCUT2D eigenvalue weighted by Crippen LogP contribution is 2.13. The van der Waals surface area contributed by atoms with Gasteiger partial charge in [0.15, 0.2) is 9.84 Å². The molecular weight excluding hydrogens is 258 g/mol. The average Bonchev–Trinajstić information content (AvgIpc) is 2.26. The highest BCUT2D eigenvalue weighted by molar-refractivity contribution is 7.91. The zero-order valence-electron chi connectivity index (χ0n) is 9.50. The summed E-state index contributed by atoms with van der Waals surface area (Å²) < 4.78 is 23.5. The van der Waals surface area contributed by atoms with Crippen LogP contribution in [0, 0.1) is 0 Å². The summed E-state index contributed by atoms with van der Waals surface area (Å²) in [7, 11) is -3.55. The number of carbonyl (C=O) groups excluding carboxylic acids is 1. The number of rotatable bonds is 6. The van der Waals surface area contributed by atoms with Crippen molar-refractivity contribution in [1.29, 1.82) is 0 Å². The molecule has 0 atom stereocenters. The van der Waals surface area contributed by atoms with E-state index in [4.69, 9.17) is 10.8 Å². The molecule has 0 heterocycles. The molecule has 1 amide bonds. The third-order valence-corrected chi connectivity index (χ3v) is 3.99. The molecule has 7 heteroatoms. The second-order valence-electron chi connectivity index (χ2n) is 3.75. The van der Waals surface area contributed by atoms with E-state index in [-0.39, 0.29) is 23.5 Å². The van der Waals surface area contributed by atoms with Crippen molar-refractivity contribution in [2.45, 2.75) is 17.7 Å². The lowest BCUT2D eigenvalue weighted by Crippen LogP contribution is -2.17. The highest BCUT2D eigenvalue weighted by atomic mass is 32.2. The quantitative estimate of drug-likeness (QED) is 0.753. The molecule has 98 valence electrons. The summed E-state index contributed by atoms with van der Waals surface area (Å²) in [5, 5.41) is 8.57. The molecule has 0 bridgehead atoms. The number of carboxylic acid groups (broad SMARTS) is 1. The van der Waals surface area contributed by atoms with Gasteiger partial charge in [-0.25, -0.2) is 8.42 Å². The number of carboxylic acids is 1. The van der Waals surface area contributed by atoms with Crippen LogP contribution in [-0.2, 0) is 25.8 Å². The minimum absolute atomic E-state index is 0.0536. The molecular formula is C11H13NO5S. The Bertz CT molecular complexity index is 547. The number of nitrogens with two attached hydrogens (primary N) is 1. The van der Waals surface area contributed by atoms with Crippen LogP contribution >= 0.6 is 0 Å². The maximum atomic E-state index is 11.7. The van der Waals surface area contributed by atoms with Crippen LogP contribution in [0.1, 0.15) is 12.0 Å². The Morgan fingerprint density at radius 3 is 2.17 bits per heavy atom. The molecule has 0 unspecified atom stereocenters. The highest BCUT2D eigenvalue weighted by Gasteiger charge is 2.15. The summed E-state index contributed by atoms with van der Waals surface area (Å²) in [6, 6.07) is 5.53. The van der Waals surface area contributed by atoms with E-state index in [1.807, 2.05) is 0 Å². The molecule has 0 saturated heterocycles. The van der Waals surface area contributed by atoms with Crippen molar-refractivity contribution in [3.63, 3.8) is 0 Å². The smallest absolute Gasteiger partial charge is 0.307 e. The van der Waals surface area contributed by atoms with Gasteiger partial charge in [0.05, 0.1) is 17.1 Å². The average molecular weight is 271 g/mol. The third kappa shape index (κ3) is 4.17. The fraction of sp³-hybridized carbons (Fsp3) is 0.273. The lowest BCUT2D eigenvalue weighted by molar-refractivity contribution is -0.136. The number of carbonyl (C=O) groups is 2. The Balaban J connectivity index is 2.84. The third-order valence-electron chi connectivity index (χ3n) is 2.26. The summed E-state index contributed by atoms with van der Waals surface area (Å²) in [5.41, 5.74) is 5.40. The van der Waals surface area contributed by atoms with Crippen molar-refractivity contribution in [3.05, 3.63) is 29.8 Å². The summed E-state index contributed by atoms with van der Waals surface area (Å²) in [5.74, 6) is -2.01. The standard InChI is InChI=1S/C11H13NO5S/c12-10(13)5-6-18(16,17)9-3-1-8(2-4-9)7-11(14)15/h1-4H,5-7H2,(H2,12,13)(H,14,15). The Kier molecular flexibility index (Phi) is 4.43. The molecule has 0 aromatic heterocycles. The van der Waals surface area contributed by atoms with Gasteiger partial charge in [-0.15, -0.1) is 0 Å². The van der Waals surface area contributed by atoms with Crippen molar-refractivity contribution < 1.29 is 23.1 Å². The van der Waals surface area contributed by atoms with E-state index in [0.29, 0.717) is 5.56 Å². The predicted octanol–water partition coefficient (Wildman–Crippen LogP) is -0.0372. The van der Waals surface area contributed by atoms with Gasteiger partial charge < -0.3 is 10.8 Å². The Morgan fingerprint density at radius 1 is 1.17 bits per heavy atom. The maximum absolute atomic E-state index is 11.7. The van der Waals surface area contributed by atoms with E-state index in [2.05, 4.69) is 0 Å². The Hall–Kier alpha value is -1.89. The molecule has 6 nitrogen and oxygen atoms in total. The fourth-order valence-corrected chi connectivity index (χ4v) is 2.60. The molecule has 1 aromatic rings. The van der Waals surface area contributed by atoms with Crippen LogP contribution in [0.5, 0.6) is 0 Å². The molecule has 0 fully saturated rings.